The van der Waals surface area contributed by atoms with Crippen LogP contribution in [-0.2, 0) is 4.79 Å². The number of halogens is 1. The first kappa shape index (κ1) is 13.2. The summed E-state index contributed by atoms with van der Waals surface area (Å²) in [6, 6.07) is 5.20. The molecule has 1 aliphatic rings. The molecule has 0 saturated carbocycles. The first-order valence-corrected chi connectivity index (χ1v) is 6.33. The van der Waals surface area contributed by atoms with E-state index in [1.165, 1.54) is 0 Å². The van der Waals surface area contributed by atoms with Crippen LogP contribution < -0.4 is 10.1 Å². The van der Waals surface area contributed by atoms with Crippen LogP contribution in [-0.4, -0.2) is 23.7 Å². The van der Waals surface area contributed by atoms with E-state index in [1.54, 1.807) is 25.1 Å². The second kappa shape index (κ2) is 5.59. The number of rotatable bonds is 4. The molecule has 0 spiro atoms. The molecule has 0 aliphatic carbocycles. The Balaban J connectivity index is 2.02. The van der Waals surface area contributed by atoms with Crippen molar-refractivity contribution in [2.75, 3.05) is 6.61 Å². The van der Waals surface area contributed by atoms with Crippen LogP contribution in [0.2, 0.25) is 5.02 Å². The fourth-order valence-corrected chi connectivity index (χ4v) is 2.15. The molecule has 1 heterocycles. The highest BCUT2D eigenvalue weighted by atomic mass is 35.5. The Bertz CT molecular complexity index is 448. The van der Waals surface area contributed by atoms with Gasteiger partial charge in [-0.25, -0.2) is 0 Å². The first-order valence-electron chi connectivity index (χ1n) is 5.96. The molecular weight excluding hydrogens is 254 g/mol. The molecule has 5 heteroatoms. The van der Waals surface area contributed by atoms with Gasteiger partial charge in [0, 0.05) is 17.0 Å². The fraction of sp³-hybridized carbons (Fsp3) is 0.462. The number of carbonyl (C=O) groups excluding carboxylic acids is 1. The zero-order chi connectivity index (χ0) is 13.1. The molecular formula is C13H16ClNO3. The summed E-state index contributed by atoms with van der Waals surface area (Å²) < 4.78 is 5.65. The van der Waals surface area contributed by atoms with Crippen molar-refractivity contribution in [3.8, 4) is 5.75 Å². The molecule has 1 fully saturated rings. The van der Waals surface area contributed by atoms with Crippen LogP contribution >= 0.6 is 11.6 Å². The monoisotopic (exact) mass is 269 g/mol. The van der Waals surface area contributed by atoms with Gasteiger partial charge in [-0.1, -0.05) is 11.6 Å². The van der Waals surface area contributed by atoms with Gasteiger partial charge in [0.25, 0.3) is 0 Å². The molecule has 18 heavy (non-hydrogen) atoms. The molecule has 1 aromatic carbocycles. The Morgan fingerprint density at radius 2 is 2.39 bits per heavy atom. The highest BCUT2D eigenvalue weighted by Crippen LogP contribution is 2.28. The summed E-state index contributed by atoms with van der Waals surface area (Å²) in [5.74, 6) is 0.672. The number of hydrogen-bond donors (Lipinski definition) is 2. The zero-order valence-electron chi connectivity index (χ0n) is 10.1. The molecule has 0 aromatic heterocycles. The predicted molar refractivity (Wildman–Crippen MR) is 68.7 cm³/mol. The van der Waals surface area contributed by atoms with E-state index in [2.05, 4.69) is 5.32 Å². The van der Waals surface area contributed by atoms with E-state index in [-0.39, 0.29) is 11.9 Å². The second-order valence-electron chi connectivity index (χ2n) is 4.47. The van der Waals surface area contributed by atoms with Crippen molar-refractivity contribution in [3.05, 3.63) is 28.8 Å². The van der Waals surface area contributed by atoms with Gasteiger partial charge in [-0.15, -0.1) is 0 Å². The van der Waals surface area contributed by atoms with Crippen molar-refractivity contribution in [1.29, 1.82) is 0 Å². The maximum absolute atomic E-state index is 11.1. The molecule has 1 amide bonds. The number of aliphatic hydroxyl groups excluding tert-OH is 1. The smallest absolute Gasteiger partial charge is 0.220 e. The minimum atomic E-state index is -0.642. The molecule has 1 aromatic rings. The Morgan fingerprint density at radius 3 is 3.00 bits per heavy atom. The van der Waals surface area contributed by atoms with Crippen molar-refractivity contribution in [3.63, 3.8) is 0 Å². The average Bonchev–Trinajstić information content (AvgIpc) is 2.73. The topological polar surface area (TPSA) is 58.6 Å². The van der Waals surface area contributed by atoms with Crippen LogP contribution in [0.4, 0.5) is 0 Å². The number of amides is 1. The minimum Gasteiger partial charge on any atom is -0.491 e. The Hall–Kier alpha value is -1.26. The maximum Gasteiger partial charge on any atom is 0.220 e. The van der Waals surface area contributed by atoms with Gasteiger partial charge in [0.05, 0.1) is 12.1 Å². The summed E-state index contributed by atoms with van der Waals surface area (Å²) in [6.45, 7) is 2.07. The van der Waals surface area contributed by atoms with Crippen LogP contribution in [0.3, 0.4) is 0 Å². The third-order valence-corrected chi connectivity index (χ3v) is 3.18. The molecule has 2 unspecified atom stereocenters. The lowest BCUT2D eigenvalue weighted by Gasteiger charge is -2.16. The summed E-state index contributed by atoms with van der Waals surface area (Å²) in [7, 11) is 0. The van der Waals surface area contributed by atoms with Crippen molar-refractivity contribution < 1.29 is 14.6 Å². The molecule has 2 N–H and O–H groups in total. The average molecular weight is 270 g/mol. The van der Waals surface area contributed by atoms with E-state index in [0.717, 1.165) is 6.42 Å². The minimum absolute atomic E-state index is 0.0510. The Labute approximate surface area is 111 Å². The summed E-state index contributed by atoms with van der Waals surface area (Å²) in [5, 5.41) is 13.0. The van der Waals surface area contributed by atoms with Crippen molar-refractivity contribution in [2.45, 2.75) is 31.9 Å². The standard InChI is InChI=1S/C13H16ClNO3/c1-8(16)11-6-9(14)2-4-12(11)18-7-10-3-5-13(17)15-10/h2,4,6,8,10,16H,3,5,7H2,1H3,(H,15,17). The molecule has 1 saturated heterocycles. The van der Waals surface area contributed by atoms with Gasteiger partial charge in [0.1, 0.15) is 12.4 Å². The molecule has 0 bridgehead atoms. The summed E-state index contributed by atoms with van der Waals surface area (Å²) in [6.07, 6.45) is 0.700. The third-order valence-electron chi connectivity index (χ3n) is 2.95. The predicted octanol–water partition coefficient (Wildman–Crippen LogP) is 2.05. The fourth-order valence-electron chi connectivity index (χ4n) is 1.97. The van der Waals surface area contributed by atoms with Gasteiger partial charge < -0.3 is 15.2 Å². The van der Waals surface area contributed by atoms with E-state index < -0.39 is 6.10 Å². The highest BCUT2D eigenvalue weighted by Gasteiger charge is 2.21. The number of aliphatic hydroxyl groups is 1. The molecule has 0 radical (unpaired) electrons. The van der Waals surface area contributed by atoms with Crippen LogP contribution in [0.25, 0.3) is 0 Å². The van der Waals surface area contributed by atoms with E-state index in [9.17, 15) is 9.90 Å². The van der Waals surface area contributed by atoms with Crippen LogP contribution in [0.5, 0.6) is 5.75 Å². The molecule has 2 atom stereocenters. The molecule has 4 nitrogen and oxygen atoms in total. The number of nitrogens with one attached hydrogen (secondary N) is 1. The first-order chi connectivity index (χ1) is 8.56. The lowest BCUT2D eigenvalue weighted by atomic mass is 10.1. The number of hydrogen-bond acceptors (Lipinski definition) is 3. The van der Waals surface area contributed by atoms with E-state index in [4.69, 9.17) is 16.3 Å². The van der Waals surface area contributed by atoms with Gasteiger partial charge >= 0.3 is 0 Å². The molecule has 2 rings (SSSR count). The van der Waals surface area contributed by atoms with Crippen LogP contribution in [0.1, 0.15) is 31.4 Å². The zero-order valence-corrected chi connectivity index (χ0v) is 10.9. The molecule has 1 aliphatic heterocycles. The summed E-state index contributed by atoms with van der Waals surface area (Å²) in [5.41, 5.74) is 0.659. The van der Waals surface area contributed by atoms with Gasteiger partial charge in [-0.2, -0.15) is 0 Å². The Kier molecular flexibility index (Phi) is 4.09. The number of benzene rings is 1. The quantitative estimate of drug-likeness (QED) is 0.880. The third kappa shape index (κ3) is 3.15. The highest BCUT2D eigenvalue weighted by molar-refractivity contribution is 6.30. The number of ether oxygens (including phenoxy) is 1. The second-order valence-corrected chi connectivity index (χ2v) is 4.91. The van der Waals surface area contributed by atoms with Crippen molar-refractivity contribution >= 4 is 17.5 Å². The maximum atomic E-state index is 11.1. The molecule has 98 valence electrons. The SMILES string of the molecule is CC(O)c1cc(Cl)ccc1OCC1CCC(=O)N1. The lowest BCUT2D eigenvalue weighted by molar-refractivity contribution is -0.119. The van der Waals surface area contributed by atoms with Gasteiger partial charge in [-0.05, 0) is 31.5 Å². The largest absolute Gasteiger partial charge is 0.491 e. The summed E-state index contributed by atoms with van der Waals surface area (Å²) >= 11 is 5.88. The summed E-state index contributed by atoms with van der Waals surface area (Å²) in [4.78, 5) is 11.1. The van der Waals surface area contributed by atoms with Gasteiger partial charge in [0.15, 0.2) is 0 Å². The lowest BCUT2D eigenvalue weighted by Crippen LogP contribution is -2.31. The normalized spacial score (nSPS) is 20.6. The van der Waals surface area contributed by atoms with Crippen molar-refractivity contribution in [1.82, 2.24) is 5.32 Å². The van der Waals surface area contributed by atoms with E-state index in [1.807, 2.05) is 0 Å². The van der Waals surface area contributed by atoms with Gasteiger partial charge in [-0.3, -0.25) is 4.79 Å². The van der Waals surface area contributed by atoms with Crippen molar-refractivity contribution in [2.24, 2.45) is 0 Å². The Morgan fingerprint density at radius 1 is 1.61 bits per heavy atom. The van der Waals surface area contributed by atoms with E-state index >= 15 is 0 Å². The van der Waals surface area contributed by atoms with Gasteiger partial charge in [0.2, 0.25) is 5.91 Å². The van der Waals surface area contributed by atoms with Crippen LogP contribution in [0, 0.1) is 0 Å². The van der Waals surface area contributed by atoms with Crippen LogP contribution in [0.15, 0.2) is 18.2 Å². The number of carbonyl (C=O) groups is 1. The van der Waals surface area contributed by atoms with E-state index in [0.29, 0.717) is 29.4 Å².